The Morgan fingerprint density at radius 3 is 2.74 bits per heavy atom. The molecule has 126 valence electrons. The SMILES string of the molecule is Cc1ccc(N(C)C(=O)[C@]2(C)CCCC(C)N2)c(CC(=O)O)c1. The standard InChI is InChI=1S/C18H26N2O3/c1-12-7-8-15(14(10-12)11-16(21)22)20(4)17(23)18(3)9-5-6-13(2)19-18/h7-8,10,13,19H,5-6,9,11H2,1-4H3,(H,21,22)/t13?,18-/m0/s1. The first-order valence-electron chi connectivity index (χ1n) is 8.10. The van der Waals surface area contributed by atoms with Crippen molar-refractivity contribution in [2.24, 2.45) is 0 Å². The third-order valence-corrected chi connectivity index (χ3v) is 4.59. The number of anilines is 1. The van der Waals surface area contributed by atoms with Crippen molar-refractivity contribution in [2.45, 2.75) is 58.0 Å². The zero-order chi connectivity index (χ0) is 17.2. The second-order valence-electron chi connectivity index (χ2n) is 6.84. The summed E-state index contributed by atoms with van der Waals surface area (Å²) in [5.74, 6) is -0.909. The molecule has 2 N–H and O–H groups in total. The number of amides is 1. The molecule has 5 heteroatoms. The molecule has 23 heavy (non-hydrogen) atoms. The van der Waals surface area contributed by atoms with Gasteiger partial charge in [0, 0.05) is 18.8 Å². The molecule has 1 fully saturated rings. The molecule has 1 amide bonds. The fraction of sp³-hybridized carbons (Fsp3) is 0.556. The Balaban J connectivity index is 2.30. The number of carboxylic acid groups (broad SMARTS) is 1. The molecule has 5 nitrogen and oxygen atoms in total. The maximum atomic E-state index is 13.0. The van der Waals surface area contributed by atoms with E-state index in [4.69, 9.17) is 5.11 Å². The minimum absolute atomic E-state index is 0.0143. The summed E-state index contributed by atoms with van der Waals surface area (Å²) in [6.07, 6.45) is 2.79. The van der Waals surface area contributed by atoms with Gasteiger partial charge in [0.1, 0.15) is 0 Å². The summed E-state index contributed by atoms with van der Waals surface area (Å²) in [7, 11) is 1.73. The minimum Gasteiger partial charge on any atom is -0.481 e. The molecular formula is C18H26N2O3. The number of carboxylic acids is 1. The van der Waals surface area contributed by atoms with Crippen LogP contribution in [0.25, 0.3) is 0 Å². The number of likely N-dealkylation sites (N-methyl/N-ethyl adjacent to an activating group) is 1. The number of hydrogen-bond acceptors (Lipinski definition) is 3. The number of nitrogens with zero attached hydrogens (tertiary/aromatic N) is 1. The van der Waals surface area contributed by atoms with E-state index in [1.165, 1.54) is 0 Å². The molecule has 1 aromatic rings. The topological polar surface area (TPSA) is 69.6 Å². The molecule has 2 rings (SSSR count). The largest absolute Gasteiger partial charge is 0.481 e. The lowest BCUT2D eigenvalue weighted by atomic mass is 9.86. The highest BCUT2D eigenvalue weighted by molar-refractivity contribution is 6.00. The average molecular weight is 318 g/mol. The molecule has 1 saturated heterocycles. The highest BCUT2D eigenvalue weighted by Crippen LogP contribution is 2.28. The smallest absolute Gasteiger partial charge is 0.307 e. The third kappa shape index (κ3) is 3.91. The van der Waals surface area contributed by atoms with Gasteiger partial charge in [0.15, 0.2) is 0 Å². The Kier molecular flexibility index (Phi) is 5.09. The van der Waals surface area contributed by atoms with Crippen LogP contribution in [-0.2, 0) is 16.0 Å². The Hall–Kier alpha value is -1.88. The van der Waals surface area contributed by atoms with Gasteiger partial charge in [-0.05, 0) is 51.7 Å². The predicted octanol–water partition coefficient (Wildman–Crippen LogP) is 2.51. The summed E-state index contributed by atoms with van der Waals surface area (Å²) in [6.45, 7) is 5.95. The van der Waals surface area contributed by atoms with Gasteiger partial charge >= 0.3 is 5.97 Å². The van der Waals surface area contributed by atoms with Gasteiger partial charge < -0.3 is 15.3 Å². The molecule has 0 aliphatic carbocycles. The van der Waals surface area contributed by atoms with E-state index in [2.05, 4.69) is 12.2 Å². The zero-order valence-electron chi connectivity index (χ0n) is 14.3. The van der Waals surface area contributed by atoms with E-state index >= 15 is 0 Å². The monoisotopic (exact) mass is 318 g/mol. The van der Waals surface area contributed by atoms with Crippen molar-refractivity contribution in [2.75, 3.05) is 11.9 Å². The molecule has 0 aromatic heterocycles. The quantitative estimate of drug-likeness (QED) is 0.895. The predicted molar refractivity (Wildman–Crippen MR) is 90.8 cm³/mol. The van der Waals surface area contributed by atoms with Gasteiger partial charge in [0.05, 0.1) is 12.0 Å². The van der Waals surface area contributed by atoms with Crippen LogP contribution in [0.15, 0.2) is 18.2 Å². The van der Waals surface area contributed by atoms with E-state index in [1.54, 1.807) is 11.9 Å². The van der Waals surface area contributed by atoms with Gasteiger partial charge in [-0.3, -0.25) is 9.59 Å². The van der Waals surface area contributed by atoms with Gasteiger partial charge in [-0.1, -0.05) is 17.7 Å². The van der Waals surface area contributed by atoms with Crippen molar-refractivity contribution < 1.29 is 14.7 Å². The van der Waals surface area contributed by atoms with E-state index in [0.29, 0.717) is 17.3 Å². The first-order valence-corrected chi connectivity index (χ1v) is 8.10. The van der Waals surface area contributed by atoms with Crippen molar-refractivity contribution in [1.82, 2.24) is 5.32 Å². The molecule has 1 heterocycles. The van der Waals surface area contributed by atoms with Crippen LogP contribution < -0.4 is 10.2 Å². The van der Waals surface area contributed by atoms with Crippen LogP contribution in [0.2, 0.25) is 0 Å². The van der Waals surface area contributed by atoms with Crippen molar-refractivity contribution in [3.8, 4) is 0 Å². The molecule has 1 aliphatic heterocycles. The third-order valence-electron chi connectivity index (χ3n) is 4.59. The molecule has 0 spiro atoms. The van der Waals surface area contributed by atoms with Gasteiger partial charge in [-0.15, -0.1) is 0 Å². The lowest BCUT2D eigenvalue weighted by Gasteiger charge is -2.40. The van der Waals surface area contributed by atoms with Crippen LogP contribution in [0.1, 0.15) is 44.2 Å². The summed E-state index contributed by atoms with van der Waals surface area (Å²) >= 11 is 0. The molecule has 0 bridgehead atoms. The molecule has 0 saturated carbocycles. The average Bonchev–Trinajstić information content (AvgIpc) is 2.45. The number of carbonyl (C=O) groups is 2. The minimum atomic E-state index is -0.895. The number of piperidine rings is 1. The lowest BCUT2D eigenvalue weighted by molar-refractivity contribution is -0.136. The van der Waals surface area contributed by atoms with Crippen LogP contribution in [-0.4, -0.2) is 35.6 Å². The van der Waals surface area contributed by atoms with Crippen LogP contribution in [0, 0.1) is 6.92 Å². The normalized spacial score (nSPS) is 24.3. The zero-order valence-corrected chi connectivity index (χ0v) is 14.3. The van der Waals surface area contributed by atoms with E-state index in [1.807, 2.05) is 32.0 Å². The fourth-order valence-electron chi connectivity index (χ4n) is 3.44. The Morgan fingerprint density at radius 2 is 2.13 bits per heavy atom. The highest BCUT2D eigenvalue weighted by atomic mass is 16.4. The van der Waals surface area contributed by atoms with E-state index in [9.17, 15) is 9.59 Å². The summed E-state index contributed by atoms with van der Waals surface area (Å²) in [5, 5.41) is 12.5. The number of aliphatic carboxylic acids is 1. The molecule has 1 aliphatic rings. The lowest BCUT2D eigenvalue weighted by Crippen LogP contribution is -2.60. The van der Waals surface area contributed by atoms with Crippen molar-refractivity contribution in [1.29, 1.82) is 0 Å². The number of aryl methyl sites for hydroxylation is 1. The Morgan fingerprint density at radius 1 is 1.43 bits per heavy atom. The summed E-state index contributed by atoms with van der Waals surface area (Å²) in [4.78, 5) is 25.7. The molecule has 1 unspecified atom stereocenters. The van der Waals surface area contributed by atoms with Crippen LogP contribution in [0.4, 0.5) is 5.69 Å². The molecule has 2 atom stereocenters. The summed E-state index contributed by atoms with van der Waals surface area (Å²) in [5.41, 5.74) is 1.73. The van der Waals surface area contributed by atoms with Crippen molar-refractivity contribution in [3.05, 3.63) is 29.3 Å². The second-order valence-corrected chi connectivity index (χ2v) is 6.84. The summed E-state index contributed by atoms with van der Waals surface area (Å²) in [6, 6.07) is 5.89. The Labute approximate surface area is 137 Å². The maximum Gasteiger partial charge on any atom is 0.307 e. The maximum absolute atomic E-state index is 13.0. The molecule has 1 aromatic carbocycles. The Bertz CT molecular complexity index is 614. The number of benzene rings is 1. The first-order chi connectivity index (χ1) is 10.7. The van der Waals surface area contributed by atoms with Gasteiger partial charge in [-0.2, -0.15) is 0 Å². The second kappa shape index (κ2) is 6.71. The number of hydrogen-bond donors (Lipinski definition) is 2. The van der Waals surface area contributed by atoms with Crippen LogP contribution >= 0.6 is 0 Å². The number of rotatable bonds is 4. The van der Waals surface area contributed by atoms with E-state index in [-0.39, 0.29) is 12.3 Å². The van der Waals surface area contributed by atoms with Crippen molar-refractivity contribution in [3.63, 3.8) is 0 Å². The van der Waals surface area contributed by atoms with Gasteiger partial charge in [0.25, 0.3) is 0 Å². The summed E-state index contributed by atoms with van der Waals surface area (Å²) < 4.78 is 0. The number of carbonyl (C=O) groups excluding carboxylic acids is 1. The van der Waals surface area contributed by atoms with E-state index < -0.39 is 11.5 Å². The first kappa shape index (κ1) is 17.5. The van der Waals surface area contributed by atoms with Gasteiger partial charge in [-0.25, -0.2) is 0 Å². The molecular weight excluding hydrogens is 292 g/mol. The fourth-order valence-corrected chi connectivity index (χ4v) is 3.44. The van der Waals surface area contributed by atoms with E-state index in [0.717, 1.165) is 24.8 Å². The van der Waals surface area contributed by atoms with Crippen LogP contribution in [0.5, 0.6) is 0 Å². The van der Waals surface area contributed by atoms with Crippen molar-refractivity contribution >= 4 is 17.6 Å². The number of nitrogens with one attached hydrogen (secondary N) is 1. The highest BCUT2D eigenvalue weighted by Gasteiger charge is 2.39. The van der Waals surface area contributed by atoms with Crippen LogP contribution in [0.3, 0.4) is 0 Å². The van der Waals surface area contributed by atoms with Gasteiger partial charge in [0.2, 0.25) is 5.91 Å². The molecule has 0 radical (unpaired) electrons.